The second-order valence-corrected chi connectivity index (χ2v) is 8.83. The average molecular weight is 444 g/mol. The Morgan fingerprint density at radius 3 is 2.66 bits per heavy atom. The number of benzene rings is 1. The molecule has 2 heterocycles. The molecule has 1 aromatic carbocycles. The molecule has 0 saturated carbocycles. The van der Waals surface area contributed by atoms with Crippen molar-refractivity contribution in [2.75, 3.05) is 33.3 Å². The molecule has 0 unspecified atom stereocenters. The topological polar surface area (TPSA) is 94.9 Å². The number of aromatic nitrogens is 1. The number of piperidine rings is 1. The summed E-state index contributed by atoms with van der Waals surface area (Å²) in [5.74, 6) is -0.0394. The van der Waals surface area contributed by atoms with Crippen molar-refractivity contribution in [1.82, 2.24) is 15.2 Å². The Kier molecular flexibility index (Phi) is 8.84. The van der Waals surface area contributed by atoms with E-state index >= 15 is 0 Å². The fraction of sp³-hybridized carbons (Fsp3) is 0.600. The molecule has 0 spiro atoms. The van der Waals surface area contributed by atoms with Gasteiger partial charge < -0.3 is 25.2 Å². The van der Waals surface area contributed by atoms with Gasteiger partial charge >= 0.3 is 5.97 Å². The molecule has 1 saturated heterocycles. The first-order chi connectivity index (χ1) is 15.5. The number of aliphatic carboxylic acids is 1. The smallest absolute Gasteiger partial charge is 0.323 e. The molecule has 3 N–H and O–H groups in total. The van der Waals surface area contributed by atoms with E-state index < -0.39 is 17.6 Å². The lowest BCUT2D eigenvalue weighted by Crippen LogP contribution is -2.58. The van der Waals surface area contributed by atoms with Gasteiger partial charge in [-0.15, -0.1) is 0 Å². The van der Waals surface area contributed by atoms with E-state index in [-0.39, 0.29) is 0 Å². The first kappa shape index (κ1) is 24.4. The Labute approximate surface area is 190 Å². The Morgan fingerprint density at radius 2 is 1.97 bits per heavy atom. The number of aliphatic hydroxyl groups excluding tert-OH is 1. The molecule has 1 aliphatic heterocycles. The van der Waals surface area contributed by atoms with Crippen molar-refractivity contribution in [1.29, 1.82) is 0 Å². The number of carboxylic acids is 1. The summed E-state index contributed by atoms with van der Waals surface area (Å²) in [4.78, 5) is 18.6. The van der Waals surface area contributed by atoms with Crippen molar-refractivity contribution in [2.24, 2.45) is 0 Å². The minimum atomic E-state index is -0.858. The maximum absolute atomic E-state index is 12.1. The number of methoxy groups -OCH3 is 1. The number of hydrogen-bond donors (Lipinski definition) is 3. The molecule has 0 aliphatic carbocycles. The number of ether oxygens (including phenoxy) is 1. The Hall–Kier alpha value is -2.22. The fourth-order valence-corrected chi connectivity index (χ4v) is 4.55. The summed E-state index contributed by atoms with van der Waals surface area (Å²) in [5.41, 5.74) is 0.770. The summed E-state index contributed by atoms with van der Waals surface area (Å²) < 4.78 is 5.33. The van der Waals surface area contributed by atoms with Gasteiger partial charge in [-0.25, -0.2) is 0 Å². The monoisotopic (exact) mass is 443 g/mol. The number of hydrogen-bond acceptors (Lipinski definition) is 6. The lowest BCUT2D eigenvalue weighted by atomic mass is 9.87. The van der Waals surface area contributed by atoms with Crippen LogP contribution >= 0.6 is 0 Å². The molecular weight excluding hydrogens is 406 g/mol. The third-order valence-electron chi connectivity index (χ3n) is 6.64. The van der Waals surface area contributed by atoms with Gasteiger partial charge in [0.15, 0.2) is 0 Å². The Bertz CT molecular complexity index is 881. The minimum absolute atomic E-state index is 0.461. The molecule has 176 valence electrons. The van der Waals surface area contributed by atoms with Gasteiger partial charge in [0.2, 0.25) is 0 Å². The number of nitrogens with zero attached hydrogens (tertiary/aromatic N) is 2. The van der Waals surface area contributed by atoms with Crippen molar-refractivity contribution in [3.8, 4) is 5.75 Å². The highest BCUT2D eigenvalue weighted by Gasteiger charge is 2.41. The van der Waals surface area contributed by atoms with Crippen LogP contribution in [0.1, 0.15) is 63.5 Å². The number of nitrogens with one attached hydrogen (secondary N) is 1. The van der Waals surface area contributed by atoms with E-state index in [1.54, 1.807) is 13.3 Å². The van der Waals surface area contributed by atoms with E-state index in [4.69, 9.17) is 4.74 Å². The number of aliphatic hydroxyl groups is 1. The standard InChI is InChI=1S/C25H37N3O4/c1-3-4-5-6-7-13-27-25(24(30)31)11-15-28(16-12-25)18-23(29)20-10-14-26-22-9-8-19(32-2)17-21(20)22/h8-10,14,17,23,27,29H,3-7,11-13,15-16,18H2,1-2H3,(H,30,31)/t23-/m0/s1. The molecule has 1 aromatic heterocycles. The molecule has 0 bridgehead atoms. The summed E-state index contributed by atoms with van der Waals surface area (Å²) in [7, 11) is 1.62. The van der Waals surface area contributed by atoms with Crippen molar-refractivity contribution in [3.05, 3.63) is 36.0 Å². The number of β-amino-alcohol motifs (C(OH)–C–C–N with tert-alkyl or cyclic N) is 1. The van der Waals surface area contributed by atoms with Crippen LogP contribution in [0.15, 0.2) is 30.5 Å². The number of rotatable bonds is 12. The van der Waals surface area contributed by atoms with Crippen LogP contribution in [0.5, 0.6) is 5.75 Å². The Balaban J connectivity index is 1.57. The molecule has 1 atom stereocenters. The van der Waals surface area contributed by atoms with Crippen molar-refractivity contribution in [2.45, 2.75) is 63.5 Å². The zero-order valence-electron chi connectivity index (χ0n) is 19.3. The summed E-state index contributed by atoms with van der Waals surface area (Å²) in [5, 5.41) is 25.1. The molecule has 2 aromatic rings. The van der Waals surface area contributed by atoms with Crippen LogP contribution in [0.25, 0.3) is 10.9 Å². The first-order valence-electron chi connectivity index (χ1n) is 11.8. The van der Waals surface area contributed by atoms with E-state index in [0.717, 1.165) is 41.6 Å². The molecule has 1 aliphatic rings. The molecule has 3 rings (SSSR count). The maximum atomic E-state index is 12.1. The predicted octanol–water partition coefficient (Wildman–Crippen LogP) is 3.76. The molecule has 0 radical (unpaired) electrons. The summed E-state index contributed by atoms with van der Waals surface area (Å²) in [6.07, 6.45) is 7.90. The third-order valence-corrected chi connectivity index (χ3v) is 6.64. The average Bonchev–Trinajstić information content (AvgIpc) is 2.81. The van der Waals surface area contributed by atoms with Gasteiger partial charge in [-0.3, -0.25) is 9.78 Å². The lowest BCUT2D eigenvalue weighted by molar-refractivity contribution is -0.147. The lowest BCUT2D eigenvalue weighted by Gasteiger charge is -2.40. The van der Waals surface area contributed by atoms with Crippen LogP contribution in [0.3, 0.4) is 0 Å². The van der Waals surface area contributed by atoms with E-state index in [1.807, 2.05) is 24.3 Å². The maximum Gasteiger partial charge on any atom is 0.323 e. The number of unbranched alkanes of at least 4 members (excludes halogenated alkanes) is 4. The van der Waals surface area contributed by atoms with Crippen LogP contribution in [-0.2, 0) is 4.79 Å². The third kappa shape index (κ3) is 5.97. The van der Waals surface area contributed by atoms with Crippen molar-refractivity contribution in [3.63, 3.8) is 0 Å². The largest absolute Gasteiger partial charge is 0.497 e. The summed E-state index contributed by atoms with van der Waals surface area (Å²) >= 11 is 0. The highest BCUT2D eigenvalue weighted by Crippen LogP contribution is 2.29. The SMILES string of the molecule is CCCCCCCNC1(C(=O)O)CCN(C[C@H](O)c2ccnc3ccc(OC)cc23)CC1. The minimum Gasteiger partial charge on any atom is -0.497 e. The van der Waals surface area contributed by atoms with Crippen LogP contribution in [0, 0.1) is 0 Å². The normalized spacial score (nSPS) is 17.3. The second-order valence-electron chi connectivity index (χ2n) is 8.83. The van der Waals surface area contributed by atoms with Gasteiger partial charge in [0.25, 0.3) is 0 Å². The van der Waals surface area contributed by atoms with Gasteiger partial charge in [-0.2, -0.15) is 0 Å². The van der Waals surface area contributed by atoms with Crippen molar-refractivity contribution >= 4 is 16.9 Å². The first-order valence-corrected chi connectivity index (χ1v) is 11.8. The van der Waals surface area contributed by atoms with Gasteiger partial charge in [0.1, 0.15) is 11.3 Å². The predicted molar refractivity (Wildman–Crippen MR) is 126 cm³/mol. The molecule has 32 heavy (non-hydrogen) atoms. The summed E-state index contributed by atoms with van der Waals surface area (Å²) in [6.45, 7) is 4.67. The molecule has 1 fully saturated rings. The number of likely N-dealkylation sites (tertiary alicyclic amines) is 1. The van der Waals surface area contributed by atoms with E-state index in [0.29, 0.717) is 32.5 Å². The quantitative estimate of drug-likeness (QED) is 0.430. The van der Waals surface area contributed by atoms with Gasteiger partial charge in [0, 0.05) is 31.2 Å². The van der Waals surface area contributed by atoms with Crippen LogP contribution in [0.4, 0.5) is 0 Å². The van der Waals surface area contributed by atoms with Crippen LogP contribution in [0.2, 0.25) is 0 Å². The highest BCUT2D eigenvalue weighted by atomic mass is 16.5. The van der Waals surface area contributed by atoms with Gasteiger partial charge in [-0.05, 0) is 55.6 Å². The van der Waals surface area contributed by atoms with E-state index in [1.165, 1.54) is 19.3 Å². The molecule has 7 nitrogen and oxygen atoms in total. The number of carbonyl (C=O) groups is 1. The highest BCUT2D eigenvalue weighted by molar-refractivity contribution is 5.84. The van der Waals surface area contributed by atoms with Gasteiger partial charge in [0.05, 0.1) is 18.7 Å². The molecule has 7 heteroatoms. The van der Waals surface area contributed by atoms with E-state index in [9.17, 15) is 15.0 Å². The zero-order chi connectivity index (χ0) is 23.0. The van der Waals surface area contributed by atoms with E-state index in [2.05, 4.69) is 22.1 Å². The van der Waals surface area contributed by atoms with Crippen LogP contribution < -0.4 is 10.1 Å². The Morgan fingerprint density at radius 1 is 1.22 bits per heavy atom. The fourth-order valence-electron chi connectivity index (χ4n) is 4.55. The molecule has 0 amide bonds. The zero-order valence-corrected chi connectivity index (χ0v) is 19.3. The number of carboxylic acid groups (broad SMARTS) is 1. The second kappa shape index (κ2) is 11.6. The van der Waals surface area contributed by atoms with Crippen molar-refractivity contribution < 1.29 is 19.7 Å². The number of pyridine rings is 1. The molecular formula is C25H37N3O4. The van der Waals surface area contributed by atoms with Crippen LogP contribution in [-0.4, -0.2) is 64.9 Å². The summed E-state index contributed by atoms with van der Waals surface area (Å²) in [6, 6.07) is 7.49. The number of fused-ring (bicyclic) bond motifs is 1. The van der Waals surface area contributed by atoms with Gasteiger partial charge in [-0.1, -0.05) is 32.6 Å².